The number of benzene rings is 1. The van der Waals surface area contributed by atoms with E-state index in [9.17, 15) is 4.79 Å². The Morgan fingerprint density at radius 1 is 1.31 bits per heavy atom. The van der Waals surface area contributed by atoms with Gasteiger partial charge in [0.1, 0.15) is 6.54 Å². The van der Waals surface area contributed by atoms with E-state index in [0.717, 1.165) is 18.7 Å². The number of rotatable bonds is 7. The smallest absolute Gasteiger partial charge is 0.246 e. The third kappa shape index (κ3) is 6.52. The summed E-state index contributed by atoms with van der Waals surface area (Å²) in [5, 5.41) is 9.40. The molecule has 5 nitrogen and oxygen atoms in total. The average molecular weight is 468 g/mol. The lowest BCUT2D eigenvalue weighted by atomic mass is 9.67. The van der Waals surface area contributed by atoms with Gasteiger partial charge in [-0.3, -0.25) is 4.79 Å². The van der Waals surface area contributed by atoms with Crippen molar-refractivity contribution in [1.82, 2.24) is 10.6 Å². The Morgan fingerprint density at radius 3 is 2.65 bits per heavy atom. The molecule has 1 aromatic rings. The van der Waals surface area contributed by atoms with E-state index < -0.39 is 0 Å². The second-order valence-corrected chi connectivity index (χ2v) is 6.53. The molecule has 3 N–H and O–H groups in total. The molecule has 142 valence electrons. The van der Waals surface area contributed by atoms with Crippen molar-refractivity contribution in [2.45, 2.75) is 39.5 Å². The second-order valence-electron chi connectivity index (χ2n) is 6.53. The fourth-order valence-corrected chi connectivity index (χ4v) is 2.98. The summed E-state index contributed by atoms with van der Waals surface area (Å²) in [5.74, 6) is 3.08. The number of guanidine groups is 1. The molecule has 1 aliphatic carbocycles. The first-order chi connectivity index (χ1) is 12.1. The highest BCUT2D eigenvalue weighted by Gasteiger charge is 2.34. The largest absolute Gasteiger partial charge is 0.357 e. The predicted octanol–water partition coefficient (Wildman–Crippen LogP) is 3.36. The second kappa shape index (κ2) is 11.1. The van der Waals surface area contributed by atoms with Gasteiger partial charge in [-0.05, 0) is 49.8 Å². The number of halogens is 1. The number of hydrogen-bond acceptors (Lipinski definition) is 2. The Morgan fingerprint density at radius 2 is 2.08 bits per heavy atom. The summed E-state index contributed by atoms with van der Waals surface area (Å²) in [6, 6.07) is 7.23. The Kier molecular flexibility index (Phi) is 9.49. The van der Waals surface area contributed by atoms with Gasteiger partial charge in [-0.1, -0.05) is 25.3 Å². The molecule has 0 atom stereocenters. The molecule has 1 aromatic carbocycles. The molecule has 0 bridgehead atoms. The van der Waals surface area contributed by atoms with E-state index in [0.29, 0.717) is 17.1 Å². The molecule has 0 aliphatic heterocycles. The number of nitrogens with zero attached hydrogens (tertiary/aromatic N) is 1. The molecule has 0 spiro atoms. The minimum atomic E-state index is -0.166. The highest BCUT2D eigenvalue weighted by atomic mass is 127. The van der Waals surface area contributed by atoms with Gasteiger partial charge in [0.05, 0.1) is 0 Å². The van der Waals surface area contributed by atoms with E-state index in [1.165, 1.54) is 25.7 Å². The van der Waals surface area contributed by atoms with Crippen LogP contribution in [0.4, 0.5) is 5.69 Å². The van der Waals surface area contributed by atoms with Gasteiger partial charge < -0.3 is 16.0 Å². The summed E-state index contributed by atoms with van der Waals surface area (Å²) in [4.78, 5) is 16.5. The monoisotopic (exact) mass is 468 g/mol. The van der Waals surface area contributed by atoms with Gasteiger partial charge in [0, 0.05) is 24.3 Å². The Hall–Kier alpha value is -1.75. The number of terminal acetylenes is 1. The van der Waals surface area contributed by atoms with E-state index in [1.54, 1.807) is 6.07 Å². The van der Waals surface area contributed by atoms with Crippen LogP contribution >= 0.6 is 24.0 Å². The van der Waals surface area contributed by atoms with Crippen molar-refractivity contribution in [2.75, 3.05) is 25.0 Å². The van der Waals surface area contributed by atoms with Crippen molar-refractivity contribution in [3.05, 3.63) is 29.8 Å². The number of amides is 1. The molecule has 6 heteroatoms. The lowest BCUT2D eigenvalue weighted by Crippen LogP contribution is -2.46. The van der Waals surface area contributed by atoms with Crippen molar-refractivity contribution in [2.24, 2.45) is 10.4 Å². The maximum absolute atomic E-state index is 12.1. The maximum atomic E-state index is 12.1. The van der Waals surface area contributed by atoms with Crippen LogP contribution in [-0.4, -0.2) is 31.5 Å². The first kappa shape index (κ1) is 22.3. The van der Waals surface area contributed by atoms with Crippen LogP contribution in [0.25, 0.3) is 0 Å². The van der Waals surface area contributed by atoms with Gasteiger partial charge in [0.25, 0.3) is 0 Å². The number of nitrogens with one attached hydrogen (secondary N) is 3. The standard InChI is InChI=1S/C20H28N4O.HI/c1-4-16-9-7-10-17(13-16)24-18(25)14-22-19(21-6-3)23-15-20(5-2)11-8-12-20;/h1,7,9-10,13H,5-6,8,11-12,14-15H2,2-3H3,(H,24,25)(H2,21,22,23);1H. The van der Waals surface area contributed by atoms with E-state index in [1.807, 2.05) is 25.1 Å². The topological polar surface area (TPSA) is 65.5 Å². The van der Waals surface area contributed by atoms with Crippen LogP contribution in [0.15, 0.2) is 29.3 Å². The minimum Gasteiger partial charge on any atom is -0.357 e. The van der Waals surface area contributed by atoms with E-state index in [2.05, 4.69) is 33.8 Å². The molecule has 2 rings (SSSR count). The molecule has 0 saturated heterocycles. The molecule has 0 aromatic heterocycles. The molecule has 0 radical (unpaired) electrons. The molecule has 26 heavy (non-hydrogen) atoms. The van der Waals surface area contributed by atoms with Crippen molar-refractivity contribution in [3.8, 4) is 12.3 Å². The van der Waals surface area contributed by atoms with Crippen molar-refractivity contribution >= 4 is 41.5 Å². The van der Waals surface area contributed by atoms with Gasteiger partial charge in [0.2, 0.25) is 5.91 Å². The van der Waals surface area contributed by atoms with E-state index in [-0.39, 0.29) is 36.4 Å². The van der Waals surface area contributed by atoms with Gasteiger partial charge >= 0.3 is 0 Å². The van der Waals surface area contributed by atoms with Crippen molar-refractivity contribution in [1.29, 1.82) is 0 Å². The van der Waals surface area contributed by atoms with Gasteiger partial charge in [-0.2, -0.15) is 0 Å². The normalized spacial score (nSPS) is 15.0. The van der Waals surface area contributed by atoms with E-state index in [4.69, 9.17) is 6.42 Å². The minimum absolute atomic E-state index is 0. The summed E-state index contributed by atoms with van der Waals surface area (Å²) < 4.78 is 0. The van der Waals surface area contributed by atoms with Crippen LogP contribution in [0, 0.1) is 17.8 Å². The van der Waals surface area contributed by atoms with Crippen LogP contribution in [0.3, 0.4) is 0 Å². The third-order valence-electron chi connectivity index (χ3n) is 4.83. The lowest BCUT2D eigenvalue weighted by molar-refractivity contribution is -0.114. The average Bonchev–Trinajstić information content (AvgIpc) is 2.59. The summed E-state index contributed by atoms with van der Waals surface area (Å²) in [5.41, 5.74) is 1.82. The molecule has 1 aliphatic rings. The highest BCUT2D eigenvalue weighted by molar-refractivity contribution is 14.0. The van der Waals surface area contributed by atoms with Crippen molar-refractivity contribution < 1.29 is 4.79 Å². The first-order valence-corrected chi connectivity index (χ1v) is 8.99. The number of carbonyl (C=O) groups is 1. The van der Waals surface area contributed by atoms with Crippen LogP contribution < -0.4 is 16.0 Å². The number of anilines is 1. The van der Waals surface area contributed by atoms with Crippen LogP contribution in [-0.2, 0) is 4.79 Å². The number of aliphatic imine (C=N–C) groups is 1. The first-order valence-electron chi connectivity index (χ1n) is 8.99. The van der Waals surface area contributed by atoms with Gasteiger partial charge in [-0.25, -0.2) is 4.99 Å². The summed E-state index contributed by atoms with van der Waals surface area (Å²) in [6.07, 6.45) is 10.4. The summed E-state index contributed by atoms with van der Waals surface area (Å²) in [6.45, 7) is 5.98. The quantitative estimate of drug-likeness (QED) is 0.249. The van der Waals surface area contributed by atoms with Gasteiger partial charge in [0.15, 0.2) is 5.96 Å². The number of carbonyl (C=O) groups excluding carboxylic acids is 1. The molecule has 0 heterocycles. The van der Waals surface area contributed by atoms with Crippen LogP contribution in [0.2, 0.25) is 0 Å². The molecular formula is C20H29IN4O. The Bertz CT molecular complexity index is 657. The molecule has 1 saturated carbocycles. The zero-order valence-corrected chi connectivity index (χ0v) is 17.9. The van der Waals surface area contributed by atoms with E-state index >= 15 is 0 Å². The molecule has 1 amide bonds. The Labute approximate surface area is 173 Å². The van der Waals surface area contributed by atoms with Crippen molar-refractivity contribution in [3.63, 3.8) is 0 Å². The van der Waals surface area contributed by atoms with Crippen LogP contribution in [0.5, 0.6) is 0 Å². The zero-order valence-electron chi connectivity index (χ0n) is 15.6. The lowest BCUT2D eigenvalue weighted by Gasteiger charge is -2.41. The summed E-state index contributed by atoms with van der Waals surface area (Å²) in [7, 11) is 0. The molecule has 0 unspecified atom stereocenters. The van der Waals surface area contributed by atoms with Crippen LogP contribution in [0.1, 0.15) is 45.1 Å². The Balaban J connectivity index is 0.00000338. The molecule has 1 fully saturated rings. The zero-order chi connectivity index (χ0) is 18.1. The van der Waals surface area contributed by atoms with Gasteiger partial charge in [-0.15, -0.1) is 30.4 Å². The fraction of sp³-hybridized carbons (Fsp3) is 0.500. The third-order valence-corrected chi connectivity index (χ3v) is 4.83. The summed E-state index contributed by atoms with van der Waals surface area (Å²) >= 11 is 0. The SMILES string of the molecule is C#Cc1cccc(NC(=O)CN=C(NCC)NCC2(CC)CCC2)c1.I. The molecular weight excluding hydrogens is 439 g/mol. The highest BCUT2D eigenvalue weighted by Crippen LogP contribution is 2.42. The predicted molar refractivity (Wildman–Crippen MR) is 119 cm³/mol. The fourth-order valence-electron chi connectivity index (χ4n) is 2.98. The maximum Gasteiger partial charge on any atom is 0.246 e. The number of hydrogen-bond donors (Lipinski definition) is 3.